The largest absolute Gasteiger partial charge is 0.508 e. The zero-order chi connectivity index (χ0) is 78.3. The molecule has 0 radical (unpaired) electrons. The van der Waals surface area contributed by atoms with Gasteiger partial charge in [0.05, 0.1) is 6.61 Å². The van der Waals surface area contributed by atoms with Gasteiger partial charge in [-0.15, -0.1) is 0 Å². The molecule has 1 aliphatic heterocycles. The van der Waals surface area contributed by atoms with Crippen molar-refractivity contribution in [1.82, 2.24) is 68.4 Å². The number of aliphatic hydroxyl groups excluding tert-OH is 1. The lowest BCUT2D eigenvalue weighted by atomic mass is 10.00. The van der Waals surface area contributed by atoms with E-state index < -0.39 is 132 Å². The Bertz CT molecular complexity index is 3890. The van der Waals surface area contributed by atoms with E-state index in [4.69, 9.17) is 40.4 Å². The minimum Gasteiger partial charge on any atom is -0.508 e. The van der Waals surface area contributed by atoms with Gasteiger partial charge in [-0.05, 0) is 143 Å². The number of H-pyrrole nitrogens is 1. The van der Waals surface area contributed by atoms with Crippen LogP contribution in [0.15, 0.2) is 113 Å². The number of likely N-dealkylation sites (tertiary alicyclic amines) is 1. The molecule has 1 fully saturated rings. The highest BCUT2D eigenvalue weighted by molar-refractivity contribution is 6.30. The number of aromatic amines is 1. The van der Waals surface area contributed by atoms with Crippen LogP contribution in [-0.2, 0) is 78.4 Å². The van der Waals surface area contributed by atoms with Crippen LogP contribution >= 0.6 is 23.2 Å². The number of benzene rings is 4. The summed E-state index contributed by atoms with van der Waals surface area (Å²) in [7, 11) is 0. The molecular weight excluding hydrogens is 1420 g/mol. The van der Waals surface area contributed by atoms with Gasteiger partial charge in [-0.1, -0.05) is 91.6 Å². The molecular formula is C74H102Cl2N18O13. The van der Waals surface area contributed by atoms with E-state index in [2.05, 4.69) is 73.5 Å². The zero-order valence-corrected chi connectivity index (χ0v) is 62.6. The summed E-state index contributed by atoms with van der Waals surface area (Å²) in [6, 6.07) is 12.2. The molecule has 580 valence electrons. The zero-order valence-electron chi connectivity index (χ0n) is 61.1. The van der Waals surface area contributed by atoms with E-state index in [1.54, 1.807) is 92.8 Å². The molecule has 0 spiro atoms. The molecule has 1 saturated heterocycles. The minimum absolute atomic E-state index is 0.00125. The summed E-state index contributed by atoms with van der Waals surface area (Å²) in [5, 5.41) is 53.5. The van der Waals surface area contributed by atoms with Crippen molar-refractivity contribution in [2.75, 3.05) is 39.3 Å². The van der Waals surface area contributed by atoms with Crippen LogP contribution in [0.2, 0.25) is 10.0 Å². The van der Waals surface area contributed by atoms with E-state index in [9.17, 15) is 48.6 Å². The minimum atomic E-state index is -1.83. The standard InChI is InChI=1S/C74H102Cl2N18O13/c1-7-80-74(81-8-2)83-32-12-11-17-54(64(99)89-56(35-42(3)4)65(100)88-55(18-13-33-82-73(78)79)72(107)94-34-14-19-62(94)71(106)85-43(5)63(77)98)87-67(102)58(38-47-24-30-51(97)31-25-47)91-70(105)61(41-95)93-69(104)60(39-48-40-84-53-16-10-9-15-52(48)53)92-68(103)59(37-46-22-28-50(76)29-23-46)90-66(101)57(86-44(6)96)36-45-20-26-49(75)27-21-45/h9-10,15-16,20-31,40,42-43,54-62,84,95,97H,7-8,11-14,17-19,32-39,41H2,1-6H3,(H2,77,98)(H,85,106)(H,86,96)(H,87,102)(H,88,100)(H,89,99)(H,90,101)(H,91,105)(H,92,103)(H,93,104)(H4,78,79,82)(H2,80,81,83)/t43-,54-,55?,56+,57-,58+,59-,60-,61+,62+/m1/s1. The molecule has 0 saturated carbocycles. The second-order valence-electron chi connectivity index (χ2n) is 26.6. The number of unbranched alkanes of at least 4 members (excludes halogenated alkanes) is 1. The summed E-state index contributed by atoms with van der Waals surface area (Å²) >= 11 is 12.4. The average molecular weight is 1520 g/mol. The number of rotatable bonds is 41. The van der Waals surface area contributed by atoms with E-state index in [0.717, 1.165) is 0 Å². The summed E-state index contributed by atoms with van der Waals surface area (Å²) in [4.78, 5) is 170. The number of phenolic OH excluding ortho intramolecular Hbond substituents is 1. The van der Waals surface area contributed by atoms with Crippen LogP contribution in [0.3, 0.4) is 0 Å². The van der Waals surface area contributed by atoms with Crippen molar-refractivity contribution in [2.45, 2.75) is 179 Å². The number of hydrogen-bond donors (Lipinski definition) is 17. The molecule has 5 aromatic rings. The number of guanidine groups is 2. The predicted molar refractivity (Wildman–Crippen MR) is 407 cm³/mol. The second-order valence-corrected chi connectivity index (χ2v) is 27.5. The van der Waals surface area contributed by atoms with Crippen LogP contribution in [0.25, 0.3) is 10.9 Å². The fourth-order valence-corrected chi connectivity index (χ4v) is 12.3. The van der Waals surface area contributed by atoms with Gasteiger partial charge in [0, 0.05) is 92.5 Å². The number of aromatic nitrogens is 1. The Morgan fingerprint density at radius 1 is 0.551 bits per heavy atom. The third-order valence-corrected chi connectivity index (χ3v) is 18.1. The number of aliphatic imine (C=N–C) groups is 2. The van der Waals surface area contributed by atoms with Gasteiger partial charge in [0.15, 0.2) is 11.9 Å². The lowest BCUT2D eigenvalue weighted by Gasteiger charge is -2.31. The fraction of sp³-hybridized carbons (Fsp3) is 0.473. The number of aromatic hydroxyl groups is 1. The molecule has 1 unspecified atom stereocenters. The SMILES string of the molecule is CCNC(=NCCCC[C@@H](NC(=O)[C@H](Cc1ccc(O)cc1)NC(=O)[C@H](CO)NC(=O)[C@@H](Cc1c[nH]c2ccccc12)NC(=O)[C@@H](Cc1ccc(Cl)cc1)NC(=O)[C@@H](Cc1ccc(Cl)cc1)NC(C)=O)C(=O)N[C@@H](CC(C)C)C(=O)NC(CCCN=C(N)N)C(=O)N1CCC[C@H]1C(=O)N[C@H](C)C(N)=O)NCC. The van der Waals surface area contributed by atoms with E-state index in [-0.39, 0.29) is 101 Å². The number of halogens is 2. The molecule has 1 aromatic heterocycles. The van der Waals surface area contributed by atoms with Crippen LogP contribution in [-0.4, -0.2) is 197 Å². The number of nitrogens with one attached hydrogen (secondary N) is 12. The van der Waals surface area contributed by atoms with Gasteiger partial charge in [-0.25, -0.2) is 0 Å². The molecule has 1 aliphatic rings. The number of nitrogens with two attached hydrogens (primary N) is 3. The maximum atomic E-state index is 15.1. The first-order chi connectivity index (χ1) is 51.0. The highest BCUT2D eigenvalue weighted by Gasteiger charge is 2.40. The van der Waals surface area contributed by atoms with Crippen molar-refractivity contribution >= 4 is 111 Å². The Hall–Kier alpha value is -10.5. The number of carbonyl (C=O) groups excluding carboxylic acids is 11. The Balaban J connectivity index is 1.31. The van der Waals surface area contributed by atoms with Gasteiger partial charge >= 0.3 is 0 Å². The van der Waals surface area contributed by atoms with Gasteiger partial charge in [0.2, 0.25) is 65.0 Å². The van der Waals surface area contributed by atoms with E-state index in [1.807, 2.05) is 13.8 Å². The first kappa shape index (κ1) is 85.4. The maximum Gasteiger partial charge on any atom is 0.245 e. The number of carbonyl (C=O) groups is 11. The van der Waals surface area contributed by atoms with E-state index in [0.29, 0.717) is 75.1 Å². The molecule has 4 aromatic carbocycles. The van der Waals surface area contributed by atoms with E-state index >= 15 is 14.4 Å². The van der Waals surface area contributed by atoms with Crippen LogP contribution in [0.1, 0.15) is 115 Å². The fourth-order valence-electron chi connectivity index (χ4n) is 12.1. The number of amides is 11. The summed E-state index contributed by atoms with van der Waals surface area (Å²) in [6.07, 6.45) is 2.44. The highest BCUT2D eigenvalue weighted by Crippen LogP contribution is 2.23. The quantitative estimate of drug-likeness (QED) is 0.0148. The van der Waals surface area contributed by atoms with Crippen molar-refractivity contribution in [3.05, 3.63) is 136 Å². The van der Waals surface area contributed by atoms with Crippen LogP contribution in [0, 0.1) is 5.92 Å². The second kappa shape index (κ2) is 43.2. The monoisotopic (exact) mass is 1520 g/mol. The molecule has 2 heterocycles. The van der Waals surface area contributed by atoms with Crippen molar-refractivity contribution < 1.29 is 63.0 Å². The summed E-state index contributed by atoms with van der Waals surface area (Å²) in [5.41, 5.74) is 19.4. The summed E-state index contributed by atoms with van der Waals surface area (Å²) in [5.74, 6) is -8.85. The first-order valence-electron chi connectivity index (χ1n) is 35.9. The van der Waals surface area contributed by atoms with Crippen molar-refractivity contribution in [1.29, 1.82) is 0 Å². The number of phenols is 1. The average Bonchev–Trinajstić information content (AvgIpc) is 1.69. The number of fused-ring (bicyclic) bond motifs is 1. The molecule has 31 nitrogen and oxygen atoms in total. The molecule has 10 atom stereocenters. The number of hydrogen-bond acceptors (Lipinski definition) is 15. The van der Waals surface area contributed by atoms with Crippen molar-refractivity contribution in [2.24, 2.45) is 33.1 Å². The topological polar surface area (TPSA) is 482 Å². The molecule has 33 heteroatoms. The molecule has 107 heavy (non-hydrogen) atoms. The Labute approximate surface area is 632 Å². The number of primary amides is 1. The van der Waals surface area contributed by atoms with Gasteiger partial charge < -0.3 is 95.8 Å². The third-order valence-electron chi connectivity index (χ3n) is 17.6. The van der Waals surface area contributed by atoms with Crippen LogP contribution < -0.4 is 75.7 Å². The van der Waals surface area contributed by atoms with E-state index in [1.165, 1.54) is 43.0 Å². The first-order valence-corrected chi connectivity index (χ1v) is 36.6. The summed E-state index contributed by atoms with van der Waals surface area (Å²) < 4.78 is 0. The Morgan fingerprint density at radius 3 is 1.53 bits per heavy atom. The number of para-hydroxylation sites is 1. The van der Waals surface area contributed by atoms with Crippen molar-refractivity contribution in [3.63, 3.8) is 0 Å². The van der Waals surface area contributed by atoms with Gasteiger partial charge in [0.1, 0.15) is 66.2 Å². The number of nitrogens with zero attached hydrogens (tertiary/aromatic N) is 3. The molecule has 0 bridgehead atoms. The Morgan fingerprint density at radius 2 is 1.01 bits per heavy atom. The van der Waals surface area contributed by atoms with Crippen molar-refractivity contribution in [3.8, 4) is 5.75 Å². The molecule has 6 rings (SSSR count). The lowest BCUT2D eigenvalue weighted by Crippen LogP contribution is -2.61. The smallest absolute Gasteiger partial charge is 0.245 e. The maximum absolute atomic E-state index is 15.1. The van der Waals surface area contributed by atoms with Crippen LogP contribution in [0.5, 0.6) is 5.75 Å². The lowest BCUT2D eigenvalue weighted by molar-refractivity contribution is -0.142. The molecule has 0 aliphatic carbocycles. The van der Waals surface area contributed by atoms with Gasteiger partial charge in [-0.2, -0.15) is 0 Å². The highest BCUT2D eigenvalue weighted by atomic mass is 35.5. The third kappa shape index (κ3) is 28.0. The predicted octanol–water partition coefficient (Wildman–Crippen LogP) is 1.17. The number of aliphatic hydroxyl groups is 1. The van der Waals surface area contributed by atoms with Crippen LogP contribution in [0.4, 0.5) is 0 Å². The van der Waals surface area contributed by atoms with Gasteiger partial charge in [0.25, 0.3) is 0 Å². The summed E-state index contributed by atoms with van der Waals surface area (Å²) in [6.45, 7) is 10.7. The normalized spacial score (nSPS) is 15.0. The molecule has 11 amide bonds. The Kier molecular flexibility index (Phi) is 34.5. The molecule has 20 N–H and O–H groups in total. The van der Waals surface area contributed by atoms with Gasteiger partial charge in [-0.3, -0.25) is 62.7 Å².